The number of nitrogens with one attached hydrogen (secondary N) is 2. The van der Waals surface area contributed by atoms with Crippen LogP contribution in [0.15, 0.2) is 94.4 Å². The molecule has 2 amide bonds. The maximum atomic E-state index is 13.3. The summed E-state index contributed by atoms with van der Waals surface area (Å²) in [5, 5.41) is 3.73. The first-order valence-corrected chi connectivity index (χ1v) is 23.5. The van der Waals surface area contributed by atoms with Crippen LogP contribution < -0.4 is 30.0 Å². The Bertz CT molecular complexity index is 2710. The van der Waals surface area contributed by atoms with Crippen molar-refractivity contribution in [3.63, 3.8) is 0 Å². The predicted octanol–water partition coefficient (Wildman–Crippen LogP) is 10.5. The lowest BCUT2D eigenvalue weighted by atomic mass is 9.61. The van der Waals surface area contributed by atoms with Crippen LogP contribution in [0.25, 0.3) is 0 Å². The average Bonchev–Trinajstić information content (AvgIpc) is 3.92. The number of rotatable bonds is 20. The zero-order valence-electron chi connectivity index (χ0n) is 34.1. The highest BCUT2D eigenvalue weighted by Crippen LogP contribution is 2.51. The van der Waals surface area contributed by atoms with E-state index in [0.717, 1.165) is 30.2 Å². The van der Waals surface area contributed by atoms with Gasteiger partial charge in [-0.05, 0) is 77.2 Å². The zero-order chi connectivity index (χ0) is 46.4. The average molecular weight is 1010 g/mol. The van der Waals surface area contributed by atoms with Crippen LogP contribution in [0.5, 0.6) is 17.2 Å². The molecule has 0 fully saturated rings. The number of carbonyl (C=O) groups is 2. The molecule has 6 rings (SSSR count). The highest BCUT2D eigenvalue weighted by molar-refractivity contribution is 7.92. The lowest BCUT2D eigenvalue weighted by Gasteiger charge is -2.42. The molecule has 21 heteroatoms. The molecule has 0 bridgehead atoms. The number of hydrogen-bond acceptors (Lipinski definition) is 11. The van der Waals surface area contributed by atoms with Crippen molar-refractivity contribution in [1.82, 2.24) is 9.97 Å². The summed E-state index contributed by atoms with van der Waals surface area (Å²) in [7, 11) is -3.76. The number of oxazole rings is 2. The molecule has 4 aromatic carbocycles. The zero-order valence-corrected chi connectivity index (χ0v) is 39.5. The van der Waals surface area contributed by atoms with Crippen molar-refractivity contribution in [2.24, 2.45) is 5.73 Å². The first-order chi connectivity index (χ1) is 30.4. The molecule has 0 aliphatic rings. The molecule has 2 aromatic heterocycles. The minimum atomic E-state index is -3.76. The Kier molecular flexibility index (Phi) is 15.6. The number of hydrogen-bond donors (Lipinski definition) is 3. The molecule has 2 heterocycles. The van der Waals surface area contributed by atoms with Crippen molar-refractivity contribution >= 4 is 103 Å². The van der Waals surface area contributed by atoms with Gasteiger partial charge in [0.1, 0.15) is 25.6 Å². The van der Waals surface area contributed by atoms with Gasteiger partial charge in [0.05, 0.1) is 38.1 Å². The molecular weight excluding hydrogens is 975 g/mol. The number of halogens is 6. The summed E-state index contributed by atoms with van der Waals surface area (Å²) in [5.41, 5.74) is 6.82. The summed E-state index contributed by atoms with van der Waals surface area (Å²) in [6.45, 7) is 4.28. The molecule has 0 saturated carbocycles. The number of amides is 2. The molecule has 2 unspecified atom stereocenters. The number of aromatic nitrogens is 2. The summed E-state index contributed by atoms with van der Waals surface area (Å²) >= 11 is 39.4. The van der Waals surface area contributed by atoms with Gasteiger partial charge in [-0.3, -0.25) is 14.3 Å². The minimum absolute atomic E-state index is 0.0316. The van der Waals surface area contributed by atoms with Crippen molar-refractivity contribution < 1.29 is 41.1 Å². The molecule has 0 radical (unpaired) electrons. The molecule has 6 aromatic rings. The lowest BCUT2D eigenvalue weighted by Crippen LogP contribution is -2.36. The predicted molar refractivity (Wildman–Crippen MR) is 248 cm³/mol. The molecule has 0 spiro atoms. The summed E-state index contributed by atoms with van der Waals surface area (Å²) in [4.78, 5) is 32.8. The number of nitrogens with two attached hydrogens (primary N) is 1. The van der Waals surface area contributed by atoms with Crippen LogP contribution >= 0.6 is 69.6 Å². The fourth-order valence-corrected chi connectivity index (χ4v) is 9.01. The van der Waals surface area contributed by atoms with E-state index in [1.165, 1.54) is 0 Å². The Morgan fingerprint density at radius 1 is 0.719 bits per heavy atom. The normalized spacial score (nSPS) is 13.4. The Morgan fingerprint density at radius 2 is 1.20 bits per heavy atom. The molecule has 14 nitrogen and oxygen atoms in total. The summed E-state index contributed by atoms with van der Waals surface area (Å²) in [5.74, 6) is -0.503. The van der Waals surface area contributed by atoms with E-state index in [1.807, 2.05) is 38.1 Å². The van der Waals surface area contributed by atoms with Crippen LogP contribution in [-0.2, 0) is 27.5 Å². The summed E-state index contributed by atoms with van der Waals surface area (Å²) in [6.07, 6.45) is 3.30. The topological polar surface area (TPSA) is 198 Å². The lowest BCUT2D eigenvalue weighted by molar-refractivity contribution is 0.0986. The Labute approximate surface area is 398 Å². The van der Waals surface area contributed by atoms with E-state index >= 15 is 0 Å². The highest BCUT2D eigenvalue weighted by Gasteiger charge is 2.42. The number of anilines is 2. The quantitative estimate of drug-likeness (QED) is 0.0615. The SMILES string of the molecule is CC(CC(C)(c1ccc(OCc2ocnc2C(N)=O)cc1)c1cc(Cl)c(OCCCl)c(Cl)c1)(c1ccc(NC(=O)c2ocnc2NS(C)(=O)=O)cc1)c1cc(Cl)c(OCCCl)c(Cl)c1. The van der Waals surface area contributed by atoms with Gasteiger partial charge in [-0.2, -0.15) is 4.98 Å². The first kappa shape index (κ1) is 48.6. The molecule has 0 saturated heterocycles. The second kappa shape index (κ2) is 20.5. The number of alkyl halides is 2. The number of primary amides is 1. The maximum Gasteiger partial charge on any atom is 0.295 e. The van der Waals surface area contributed by atoms with Crippen molar-refractivity contribution in [2.45, 2.75) is 37.7 Å². The molecule has 4 N–H and O–H groups in total. The van der Waals surface area contributed by atoms with E-state index in [9.17, 15) is 18.0 Å². The van der Waals surface area contributed by atoms with Crippen molar-refractivity contribution in [3.8, 4) is 17.2 Å². The molecule has 64 heavy (non-hydrogen) atoms. The van der Waals surface area contributed by atoms with Gasteiger partial charge in [0, 0.05) is 16.5 Å². The van der Waals surface area contributed by atoms with Crippen LogP contribution in [0.1, 0.15) is 69.3 Å². The first-order valence-electron chi connectivity index (χ1n) is 19.0. The number of nitrogens with zero attached hydrogens (tertiary/aromatic N) is 2. The standard InChI is InChI=1S/C43H39Cl6N5O9S/c1-42(26-16-30(46)36(31(47)17-26)59-14-12-44,24-4-8-28(9-5-24)53-41(56)38-40(52-23-63-38)54-64(3,57)58)21-43(2,27-18-32(48)37(33(49)19-27)60-15-13-45)25-6-10-29(11-7-25)61-20-34-35(39(50)55)51-22-62-34/h4-11,16-19,22-23,54H,12-15,20-21H2,1-3H3,(H2,50,55)(H,53,56). The van der Waals surface area contributed by atoms with E-state index < -0.39 is 32.7 Å². The molecule has 0 aliphatic carbocycles. The van der Waals surface area contributed by atoms with Gasteiger partial charge in [0.2, 0.25) is 15.8 Å². The fraction of sp³-hybridized carbons (Fsp3) is 0.256. The van der Waals surface area contributed by atoms with Crippen LogP contribution in [-0.4, -0.2) is 61.4 Å². The van der Waals surface area contributed by atoms with Gasteiger partial charge in [-0.1, -0.05) is 84.5 Å². The Balaban J connectivity index is 1.45. The third-order valence-corrected chi connectivity index (χ3v) is 12.2. The number of benzene rings is 4. The van der Waals surface area contributed by atoms with Gasteiger partial charge >= 0.3 is 0 Å². The van der Waals surface area contributed by atoms with Crippen molar-refractivity contribution in [1.29, 1.82) is 0 Å². The minimum Gasteiger partial charge on any atom is -0.489 e. The number of sulfonamides is 1. The largest absolute Gasteiger partial charge is 0.489 e. The Morgan fingerprint density at radius 3 is 1.67 bits per heavy atom. The smallest absolute Gasteiger partial charge is 0.295 e. The van der Waals surface area contributed by atoms with E-state index in [1.54, 1.807) is 48.5 Å². The maximum absolute atomic E-state index is 13.3. The van der Waals surface area contributed by atoms with Gasteiger partial charge in [0.15, 0.2) is 41.6 Å². The van der Waals surface area contributed by atoms with Gasteiger partial charge in [-0.15, -0.1) is 23.2 Å². The number of carbonyl (C=O) groups excluding carboxylic acids is 2. The van der Waals surface area contributed by atoms with E-state index in [2.05, 4.69) is 20.0 Å². The fourth-order valence-electron chi connectivity index (χ4n) is 7.17. The van der Waals surface area contributed by atoms with Crippen LogP contribution in [0.3, 0.4) is 0 Å². The van der Waals surface area contributed by atoms with Gasteiger partial charge in [0.25, 0.3) is 11.8 Å². The van der Waals surface area contributed by atoms with Crippen molar-refractivity contribution in [3.05, 3.63) is 145 Å². The number of ether oxygens (including phenoxy) is 3. The van der Waals surface area contributed by atoms with Crippen LogP contribution in [0, 0.1) is 0 Å². The Hall–Kier alpha value is -4.87. The van der Waals surface area contributed by atoms with Crippen LogP contribution in [0.2, 0.25) is 20.1 Å². The molecule has 2 atom stereocenters. The van der Waals surface area contributed by atoms with E-state index in [0.29, 0.717) is 29.0 Å². The monoisotopic (exact) mass is 1010 g/mol. The third kappa shape index (κ3) is 11.1. The molecular formula is C43H39Cl6N5O9S. The molecule has 338 valence electrons. The van der Waals surface area contributed by atoms with E-state index in [-0.39, 0.29) is 86.2 Å². The van der Waals surface area contributed by atoms with Gasteiger partial charge < -0.3 is 34.1 Å². The van der Waals surface area contributed by atoms with Gasteiger partial charge in [-0.25, -0.2) is 13.4 Å². The third-order valence-electron chi connectivity index (χ3n) is 10.2. The second-order valence-corrected chi connectivity index (χ2v) is 18.8. The van der Waals surface area contributed by atoms with Crippen molar-refractivity contribution in [2.75, 3.05) is 41.3 Å². The van der Waals surface area contributed by atoms with Crippen LogP contribution in [0.4, 0.5) is 11.5 Å². The highest BCUT2D eigenvalue weighted by atomic mass is 35.5. The second-order valence-electron chi connectivity index (χ2n) is 14.7. The summed E-state index contributed by atoms with van der Waals surface area (Å²) < 4.78 is 54.0. The molecule has 0 aliphatic heterocycles. The summed E-state index contributed by atoms with van der Waals surface area (Å²) in [6, 6.07) is 21.5. The van der Waals surface area contributed by atoms with E-state index in [4.69, 9.17) is 98.4 Å².